The van der Waals surface area contributed by atoms with Gasteiger partial charge in [0.15, 0.2) is 17.5 Å². The van der Waals surface area contributed by atoms with Gasteiger partial charge < -0.3 is 9.13 Å². The van der Waals surface area contributed by atoms with Gasteiger partial charge in [0.05, 0.1) is 28.8 Å². The number of para-hydroxylation sites is 2. The highest BCUT2D eigenvalue weighted by Crippen LogP contribution is 2.43. The lowest BCUT2D eigenvalue weighted by atomic mass is 9.98. The lowest BCUT2D eigenvalue weighted by Crippen LogP contribution is -2.09. The molecule has 0 fully saturated rings. The highest BCUT2D eigenvalue weighted by Gasteiger charge is 2.23. The van der Waals surface area contributed by atoms with Crippen molar-refractivity contribution >= 4 is 43.6 Å². The zero-order chi connectivity index (χ0) is 45.7. The molecule has 0 amide bonds. The molecule has 0 aliphatic carbocycles. The number of hydrogen-bond acceptors (Lipinski definition) is 3. The highest BCUT2D eigenvalue weighted by molar-refractivity contribution is 6.23. The minimum absolute atomic E-state index is 0.418. The average molecular weight is 882 g/mol. The summed E-state index contributed by atoms with van der Waals surface area (Å²) in [5.41, 5.74) is 16.8. The number of hydrogen-bond donors (Lipinski definition) is 0. The van der Waals surface area contributed by atoms with E-state index in [1.165, 1.54) is 38.2 Å². The summed E-state index contributed by atoms with van der Waals surface area (Å²) in [6.45, 7) is 0.418. The van der Waals surface area contributed by atoms with Gasteiger partial charge in [0, 0.05) is 43.8 Å². The Hall–Kier alpha value is -9.19. The fourth-order valence-electron chi connectivity index (χ4n) is 10.2. The summed E-state index contributed by atoms with van der Waals surface area (Å²) in [6, 6.07) is 88.6. The van der Waals surface area contributed by atoms with Gasteiger partial charge in [-0.15, -0.1) is 0 Å². The summed E-state index contributed by atoms with van der Waals surface area (Å²) in [4.78, 5) is 15.7. The van der Waals surface area contributed by atoms with Gasteiger partial charge in [0.2, 0.25) is 0 Å². The van der Waals surface area contributed by atoms with Crippen LogP contribution in [0, 0.1) is 0 Å². The van der Waals surface area contributed by atoms with Crippen LogP contribution >= 0.6 is 0 Å². The van der Waals surface area contributed by atoms with Crippen molar-refractivity contribution in [1.29, 1.82) is 0 Å². The Morgan fingerprint density at radius 1 is 0.290 bits per heavy atom. The van der Waals surface area contributed by atoms with E-state index in [1.54, 1.807) is 0 Å². The first-order chi connectivity index (χ1) is 34.2. The molecule has 0 unspecified atom stereocenters. The van der Waals surface area contributed by atoms with Crippen molar-refractivity contribution in [2.75, 3.05) is 0 Å². The number of rotatable bonds is 9. The summed E-state index contributed by atoms with van der Waals surface area (Å²) < 4.78 is 4.93. The van der Waals surface area contributed by atoms with Gasteiger partial charge in [-0.05, 0) is 57.1 Å². The topological polar surface area (TPSA) is 48.5 Å². The molecule has 0 bridgehead atoms. The highest BCUT2D eigenvalue weighted by atomic mass is 15.1. The van der Waals surface area contributed by atoms with E-state index in [1.807, 2.05) is 18.2 Å². The molecule has 13 rings (SSSR count). The first-order valence-electron chi connectivity index (χ1n) is 23.5. The van der Waals surface area contributed by atoms with Crippen LogP contribution in [0.3, 0.4) is 0 Å². The minimum Gasteiger partial charge on any atom is -0.331 e. The number of aromatic nitrogens is 5. The van der Waals surface area contributed by atoms with E-state index in [4.69, 9.17) is 15.0 Å². The molecule has 0 saturated carbocycles. The van der Waals surface area contributed by atoms with Gasteiger partial charge in [0.25, 0.3) is 0 Å². The Morgan fingerprint density at radius 2 is 0.696 bits per heavy atom. The molecule has 0 aliphatic rings. The van der Waals surface area contributed by atoms with Crippen molar-refractivity contribution in [3.05, 3.63) is 255 Å². The zero-order valence-corrected chi connectivity index (χ0v) is 37.6. The summed E-state index contributed by atoms with van der Waals surface area (Å²) in [5.74, 6) is 1.95. The van der Waals surface area contributed by atoms with Crippen LogP contribution in [-0.2, 0) is 6.54 Å². The lowest BCUT2D eigenvalue weighted by Gasteiger charge is -2.17. The molecule has 324 valence electrons. The van der Waals surface area contributed by atoms with E-state index in [0.717, 1.165) is 66.7 Å². The standard InChI is InChI=1S/C64H43N5/c1-5-17-43(18-6-1)45-29-31-46(32-30-45)47-33-35-50(36-34-47)64-66-60(65-63(67-64)49-23-11-4-12-24-49)42-68-57-27-15-13-25-53(57)55-39-40-56-54-26-14-16-28-58(54)69(62(56)61(55)68)59-41-51(44-19-7-2-8-20-44)37-38-52(59)48-21-9-3-10-22-48/h1-41H,42H2. The van der Waals surface area contributed by atoms with Crippen molar-refractivity contribution in [2.45, 2.75) is 6.54 Å². The predicted octanol–water partition coefficient (Wildman–Crippen LogP) is 16.1. The largest absolute Gasteiger partial charge is 0.331 e. The molecule has 0 N–H and O–H groups in total. The quantitative estimate of drug-likeness (QED) is 0.145. The van der Waals surface area contributed by atoms with Crippen LogP contribution in [0.25, 0.3) is 117 Å². The summed E-state index contributed by atoms with van der Waals surface area (Å²) in [7, 11) is 0. The summed E-state index contributed by atoms with van der Waals surface area (Å²) in [6.07, 6.45) is 0. The second-order valence-corrected chi connectivity index (χ2v) is 17.6. The maximum atomic E-state index is 5.32. The van der Waals surface area contributed by atoms with Gasteiger partial charge >= 0.3 is 0 Å². The van der Waals surface area contributed by atoms with Gasteiger partial charge in [-0.3, -0.25) is 0 Å². The zero-order valence-electron chi connectivity index (χ0n) is 37.6. The Labute approximate surface area is 399 Å². The van der Waals surface area contributed by atoms with Crippen molar-refractivity contribution in [2.24, 2.45) is 0 Å². The molecule has 0 atom stereocenters. The maximum absolute atomic E-state index is 5.32. The molecule has 13 aromatic rings. The number of fused-ring (bicyclic) bond motifs is 7. The second-order valence-electron chi connectivity index (χ2n) is 17.6. The first kappa shape index (κ1) is 40.1. The van der Waals surface area contributed by atoms with E-state index < -0.39 is 0 Å². The first-order valence-corrected chi connectivity index (χ1v) is 23.5. The molecule has 3 aromatic heterocycles. The van der Waals surface area contributed by atoms with Gasteiger partial charge in [0.1, 0.15) is 0 Å². The van der Waals surface area contributed by atoms with Crippen molar-refractivity contribution in [1.82, 2.24) is 24.1 Å². The fourth-order valence-corrected chi connectivity index (χ4v) is 10.2. The van der Waals surface area contributed by atoms with Crippen LogP contribution in [-0.4, -0.2) is 24.1 Å². The van der Waals surface area contributed by atoms with Crippen molar-refractivity contribution in [3.8, 4) is 73.0 Å². The molecule has 69 heavy (non-hydrogen) atoms. The third-order valence-corrected chi connectivity index (χ3v) is 13.5. The number of benzene rings is 10. The van der Waals surface area contributed by atoms with Crippen LogP contribution in [0.2, 0.25) is 0 Å². The van der Waals surface area contributed by atoms with Gasteiger partial charge in [-0.1, -0.05) is 231 Å². The molecule has 0 spiro atoms. The van der Waals surface area contributed by atoms with E-state index >= 15 is 0 Å². The Balaban J connectivity index is 1.00. The fraction of sp³-hybridized carbons (Fsp3) is 0.0156. The normalized spacial score (nSPS) is 11.5. The van der Waals surface area contributed by atoms with E-state index in [2.05, 4.69) is 240 Å². The molecule has 5 heteroatoms. The number of nitrogens with zero attached hydrogens (tertiary/aromatic N) is 5. The smallest absolute Gasteiger partial charge is 0.163 e. The van der Waals surface area contributed by atoms with Gasteiger partial charge in [-0.25, -0.2) is 15.0 Å². The van der Waals surface area contributed by atoms with Crippen LogP contribution < -0.4 is 0 Å². The van der Waals surface area contributed by atoms with Crippen LogP contribution in [0.1, 0.15) is 5.82 Å². The van der Waals surface area contributed by atoms with E-state index in [-0.39, 0.29) is 0 Å². The van der Waals surface area contributed by atoms with E-state index in [0.29, 0.717) is 24.0 Å². The molecule has 0 aliphatic heterocycles. The lowest BCUT2D eigenvalue weighted by molar-refractivity contribution is 0.786. The molecule has 0 radical (unpaired) electrons. The Bertz CT molecular complexity index is 3990. The van der Waals surface area contributed by atoms with Crippen molar-refractivity contribution in [3.63, 3.8) is 0 Å². The van der Waals surface area contributed by atoms with Crippen molar-refractivity contribution < 1.29 is 0 Å². The summed E-state index contributed by atoms with van der Waals surface area (Å²) >= 11 is 0. The van der Waals surface area contributed by atoms with E-state index in [9.17, 15) is 0 Å². The molecule has 0 saturated heterocycles. The minimum atomic E-state index is 0.418. The third kappa shape index (κ3) is 7.16. The van der Waals surface area contributed by atoms with Crippen LogP contribution in [0.15, 0.2) is 249 Å². The third-order valence-electron chi connectivity index (χ3n) is 13.5. The van der Waals surface area contributed by atoms with Crippen LogP contribution in [0.4, 0.5) is 0 Å². The molecular weight excluding hydrogens is 839 g/mol. The van der Waals surface area contributed by atoms with Crippen LogP contribution in [0.5, 0.6) is 0 Å². The molecular formula is C64H43N5. The molecule has 3 heterocycles. The Morgan fingerprint density at radius 3 is 1.28 bits per heavy atom. The maximum Gasteiger partial charge on any atom is 0.163 e. The monoisotopic (exact) mass is 881 g/mol. The predicted molar refractivity (Wildman–Crippen MR) is 285 cm³/mol. The molecule has 5 nitrogen and oxygen atoms in total. The Kier molecular flexibility index (Phi) is 9.83. The average Bonchev–Trinajstić information content (AvgIpc) is 3.94. The SMILES string of the molecule is c1ccc(-c2ccc(-c3ccc(-c4nc(Cn5c6ccccc6c6ccc7c8ccccc8n(-c8cc(-c9ccccc9)ccc8-c8ccccc8)c7c65)nc(-c5ccccc5)n4)cc3)cc2)cc1. The summed E-state index contributed by atoms with van der Waals surface area (Å²) in [5, 5.41) is 4.73. The molecule has 10 aromatic carbocycles. The van der Waals surface area contributed by atoms with Gasteiger partial charge in [-0.2, -0.15) is 0 Å². The second kappa shape index (κ2) is 16.9.